The highest BCUT2D eigenvalue weighted by Gasteiger charge is 2.01. The molecule has 52 valence electrons. The van der Waals surface area contributed by atoms with Gasteiger partial charge in [-0.15, -0.1) is 0 Å². The van der Waals surface area contributed by atoms with Gasteiger partial charge in [-0.1, -0.05) is 6.92 Å². The third-order valence-electron chi connectivity index (χ3n) is 0.992. The first-order chi connectivity index (χ1) is 4.09. The Labute approximate surface area is 53.7 Å². The molecule has 4 heteroatoms. The molecule has 6 N–H and O–H groups in total. The van der Waals surface area contributed by atoms with E-state index in [1.807, 2.05) is 0 Å². The van der Waals surface area contributed by atoms with E-state index in [4.69, 9.17) is 17.2 Å². The SMILES string of the molecule is CC/C(N)=C(\N)C(N)=O. The van der Waals surface area contributed by atoms with E-state index in [0.717, 1.165) is 0 Å². The topological polar surface area (TPSA) is 95.1 Å². The molecule has 0 saturated heterocycles. The summed E-state index contributed by atoms with van der Waals surface area (Å²) in [6, 6.07) is 0. The number of allylic oxidation sites excluding steroid dienone is 1. The molecule has 0 unspecified atom stereocenters. The van der Waals surface area contributed by atoms with Crippen molar-refractivity contribution in [2.24, 2.45) is 17.2 Å². The molecule has 1 amide bonds. The van der Waals surface area contributed by atoms with Gasteiger partial charge in [0, 0.05) is 5.70 Å². The zero-order valence-electron chi connectivity index (χ0n) is 5.35. The number of carbonyl (C=O) groups excluding carboxylic acids is 1. The zero-order valence-corrected chi connectivity index (χ0v) is 5.35. The van der Waals surface area contributed by atoms with Gasteiger partial charge in [-0.05, 0) is 6.42 Å². The van der Waals surface area contributed by atoms with Gasteiger partial charge in [-0.3, -0.25) is 4.79 Å². The lowest BCUT2D eigenvalue weighted by atomic mass is 10.3. The van der Waals surface area contributed by atoms with E-state index in [-0.39, 0.29) is 5.70 Å². The Bertz CT molecular complexity index is 150. The average Bonchev–Trinajstić information content (AvgIpc) is 1.84. The van der Waals surface area contributed by atoms with Gasteiger partial charge in [0.1, 0.15) is 5.70 Å². The highest BCUT2D eigenvalue weighted by Crippen LogP contribution is 1.93. The third-order valence-corrected chi connectivity index (χ3v) is 0.992. The largest absolute Gasteiger partial charge is 0.400 e. The maximum atomic E-state index is 10.3. The van der Waals surface area contributed by atoms with Crippen LogP contribution in [0.2, 0.25) is 0 Å². The highest BCUT2D eigenvalue weighted by molar-refractivity contribution is 5.91. The molecule has 0 heterocycles. The summed E-state index contributed by atoms with van der Waals surface area (Å²) in [5.74, 6) is -0.658. The molecular formula is C5H11N3O. The molecule has 0 rings (SSSR count). The van der Waals surface area contributed by atoms with Crippen molar-refractivity contribution >= 4 is 5.91 Å². The molecule has 0 atom stereocenters. The van der Waals surface area contributed by atoms with Crippen LogP contribution in [-0.2, 0) is 4.79 Å². The molecule has 0 aromatic heterocycles. The number of rotatable bonds is 2. The Balaban J connectivity index is 4.28. The van der Waals surface area contributed by atoms with Crippen molar-refractivity contribution < 1.29 is 4.79 Å². The summed E-state index contributed by atoms with van der Waals surface area (Å²) in [5, 5.41) is 0. The number of amides is 1. The normalized spacial score (nSPS) is 12.6. The first kappa shape index (κ1) is 7.81. The molecule has 0 aliphatic carbocycles. The fourth-order valence-corrected chi connectivity index (χ4v) is 0.349. The molecule has 0 radical (unpaired) electrons. The van der Waals surface area contributed by atoms with Crippen LogP contribution in [0.5, 0.6) is 0 Å². The molecule has 0 aromatic carbocycles. The van der Waals surface area contributed by atoms with Gasteiger partial charge in [0.25, 0.3) is 5.91 Å². The minimum atomic E-state index is -0.658. The van der Waals surface area contributed by atoms with Gasteiger partial charge < -0.3 is 17.2 Å². The molecule has 0 aromatic rings. The summed E-state index contributed by atoms with van der Waals surface area (Å²) in [6.07, 6.45) is 0.550. The minimum Gasteiger partial charge on any atom is -0.400 e. The van der Waals surface area contributed by atoms with Crippen molar-refractivity contribution in [2.45, 2.75) is 13.3 Å². The van der Waals surface area contributed by atoms with Gasteiger partial charge in [0.2, 0.25) is 0 Å². The van der Waals surface area contributed by atoms with Gasteiger partial charge in [-0.25, -0.2) is 0 Å². The number of hydrogen-bond acceptors (Lipinski definition) is 3. The fraction of sp³-hybridized carbons (Fsp3) is 0.400. The van der Waals surface area contributed by atoms with Crippen LogP contribution in [0.1, 0.15) is 13.3 Å². The van der Waals surface area contributed by atoms with E-state index in [9.17, 15) is 4.79 Å². The smallest absolute Gasteiger partial charge is 0.266 e. The van der Waals surface area contributed by atoms with Gasteiger partial charge in [0.15, 0.2) is 0 Å². The second-order valence-electron chi connectivity index (χ2n) is 1.66. The van der Waals surface area contributed by atoms with Crippen LogP contribution < -0.4 is 17.2 Å². The first-order valence-corrected chi connectivity index (χ1v) is 2.63. The van der Waals surface area contributed by atoms with Crippen LogP contribution in [0.25, 0.3) is 0 Å². The summed E-state index contributed by atoms with van der Waals surface area (Å²) in [4.78, 5) is 10.3. The zero-order chi connectivity index (χ0) is 7.44. The van der Waals surface area contributed by atoms with Crippen molar-refractivity contribution in [1.29, 1.82) is 0 Å². The van der Waals surface area contributed by atoms with Crippen LogP contribution in [0.4, 0.5) is 0 Å². The standard InChI is InChI=1S/C5H11N3O/c1-2-3(6)4(7)5(8)9/h2,6-7H2,1H3,(H2,8,9)/b4-3+. The molecule has 0 bridgehead atoms. The lowest BCUT2D eigenvalue weighted by Gasteiger charge is -1.98. The minimum absolute atomic E-state index is 0.0301. The highest BCUT2D eigenvalue weighted by atomic mass is 16.1. The molecule has 4 nitrogen and oxygen atoms in total. The predicted octanol–water partition coefficient (Wildman–Crippen LogP) is -0.989. The molecular weight excluding hydrogens is 118 g/mol. The summed E-state index contributed by atoms with van der Waals surface area (Å²) in [5.41, 5.74) is 15.6. The van der Waals surface area contributed by atoms with Crippen LogP contribution in [0.15, 0.2) is 11.4 Å². The van der Waals surface area contributed by atoms with E-state index in [0.29, 0.717) is 12.1 Å². The summed E-state index contributed by atoms with van der Waals surface area (Å²) in [6.45, 7) is 1.80. The Morgan fingerprint density at radius 2 is 1.78 bits per heavy atom. The number of primary amides is 1. The Kier molecular flexibility index (Phi) is 2.57. The monoisotopic (exact) mass is 129 g/mol. The number of hydrogen-bond donors (Lipinski definition) is 3. The summed E-state index contributed by atoms with van der Waals surface area (Å²) < 4.78 is 0. The molecule has 0 fully saturated rings. The predicted molar refractivity (Wildman–Crippen MR) is 34.9 cm³/mol. The van der Waals surface area contributed by atoms with Crippen molar-refractivity contribution in [1.82, 2.24) is 0 Å². The van der Waals surface area contributed by atoms with Crippen LogP contribution in [-0.4, -0.2) is 5.91 Å². The van der Waals surface area contributed by atoms with Crippen LogP contribution >= 0.6 is 0 Å². The van der Waals surface area contributed by atoms with Crippen molar-refractivity contribution in [3.8, 4) is 0 Å². The maximum absolute atomic E-state index is 10.3. The summed E-state index contributed by atoms with van der Waals surface area (Å²) in [7, 11) is 0. The number of nitrogens with two attached hydrogens (primary N) is 3. The first-order valence-electron chi connectivity index (χ1n) is 2.63. The summed E-state index contributed by atoms with van der Waals surface area (Å²) >= 11 is 0. The van der Waals surface area contributed by atoms with Crippen molar-refractivity contribution in [2.75, 3.05) is 0 Å². The van der Waals surface area contributed by atoms with E-state index < -0.39 is 5.91 Å². The van der Waals surface area contributed by atoms with Crippen LogP contribution in [0, 0.1) is 0 Å². The molecule has 0 spiro atoms. The van der Waals surface area contributed by atoms with Gasteiger partial charge in [0.05, 0.1) is 0 Å². The fourth-order valence-electron chi connectivity index (χ4n) is 0.349. The third kappa shape index (κ3) is 2.03. The van der Waals surface area contributed by atoms with Gasteiger partial charge in [-0.2, -0.15) is 0 Å². The maximum Gasteiger partial charge on any atom is 0.266 e. The van der Waals surface area contributed by atoms with E-state index >= 15 is 0 Å². The van der Waals surface area contributed by atoms with E-state index in [2.05, 4.69) is 0 Å². The van der Waals surface area contributed by atoms with Crippen molar-refractivity contribution in [3.63, 3.8) is 0 Å². The van der Waals surface area contributed by atoms with Crippen LogP contribution in [0.3, 0.4) is 0 Å². The lowest BCUT2D eigenvalue weighted by molar-refractivity contribution is -0.114. The number of carbonyl (C=O) groups is 1. The van der Waals surface area contributed by atoms with Gasteiger partial charge >= 0.3 is 0 Å². The molecule has 0 aliphatic rings. The lowest BCUT2D eigenvalue weighted by Crippen LogP contribution is -2.24. The Hall–Kier alpha value is -1.19. The Morgan fingerprint density at radius 1 is 1.33 bits per heavy atom. The quantitative estimate of drug-likeness (QED) is 0.418. The second-order valence-corrected chi connectivity index (χ2v) is 1.66. The molecule has 9 heavy (non-hydrogen) atoms. The second kappa shape index (κ2) is 2.96. The average molecular weight is 129 g/mol. The molecule has 0 saturated carbocycles. The van der Waals surface area contributed by atoms with Crippen molar-refractivity contribution in [3.05, 3.63) is 11.4 Å². The Morgan fingerprint density at radius 3 is 1.89 bits per heavy atom. The van der Waals surface area contributed by atoms with E-state index in [1.165, 1.54) is 0 Å². The van der Waals surface area contributed by atoms with E-state index in [1.54, 1.807) is 6.92 Å². The molecule has 0 aliphatic heterocycles.